The van der Waals surface area contributed by atoms with E-state index >= 15 is 0 Å². The number of halogens is 4. The van der Waals surface area contributed by atoms with Gasteiger partial charge in [-0.15, -0.1) is 0 Å². The first kappa shape index (κ1) is 47.1. The number of esters is 2. The van der Waals surface area contributed by atoms with Crippen LogP contribution in [-0.4, -0.2) is 68.4 Å². The summed E-state index contributed by atoms with van der Waals surface area (Å²) < 4.78 is 22.8. The molecule has 0 aliphatic heterocycles. The Kier molecular flexibility index (Phi) is 18.9. The quantitative estimate of drug-likeness (QED) is 0.0860. The second kappa shape index (κ2) is 23.3. The molecule has 0 bridgehead atoms. The fourth-order valence-electron chi connectivity index (χ4n) is 7.15. The highest BCUT2D eigenvalue weighted by atomic mass is 36.0. The lowest BCUT2D eigenvalue weighted by molar-refractivity contribution is -0.150. The van der Waals surface area contributed by atoms with Gasteiger partial charge in [0.05, 0.1) is 31.2 Å². The van der Waals surface area contributed by atoms with E-state index in [4.69, 9.17) is 21.1 Å². The summed E-state index contributed by atoms with van der Waals surface area (Å²) in [5.74, 6) is 1.06. The molecule has 0 saturated heterocycles. The molecule has 4 heterocycles. The largest absolute Gasteiger partial charge is 0.466 e. The summed E-state index contributed by atoms with van der Waals surface area (Å²) in [6, 6.07) is 17.4. The van der Waals surface area contributed by atoms with E-state index in [1.165, 1.54) is 10.2 Å². The number of aromatic amines is 1. The molecule has 4 aromatic heterocycles. The maximum Gasteiger partial charge on any atom is 0.339 e. The predicted molar refractivity (Wildman–Crippen MR) is 231 cm³/mol. The number of anilines is 1. The summed E-state index contributed by atoms with van der Waals surface area (Å²) >= 11 is 20.1. The van der Waals surface area contributed by atoms with Crippen LogP contribution < -0.4 is 10.5 Å². The fraction of sp³-hybridized carbons (Fsp3) is 0.500. The van der Waals surface area contributed by atoms with Gasteiger partial charge in [-0.1, -0.05) is 29.8 Å². The van der Waals surface area contributed by atoms with Crippen molar-refractivity contribution in [3.8, 4) is 0 Å². The Labute approximate surface area is 358 Å². The van der Waals surface area contributed by atoms with Gasteiger partial charge in [-0.2, -0.15) is 5.10 Å². The van der Waals surface area contributed by atoms with Crippen LogP contribution in [0.25, 0.3) is 11.3 Å². The molecule has 2 fully saturated rings. The Balaban J connectivity index is 0.000000194. The molecule has 5 aromatic rings. The van der Waals surface area contributed by atoms with Crippen molar-refractivity contribution in [2.75, 3.05) is 32.2 Å². The van der Waals surface area contributed by atoms with Crippen molar-refractivity contribution < 1.29 is 23.6 Å². The number of nitrogens with one attached hydrogen (secondary N) is 1. The molecule has 1 N–H and O–H groups in total. The van der Waals surface area contributed by atoms with Gasteiger partial charge in [0, 0.05) is 55.6 Å². The van der Waals surface area contributed by atoms with Crippen molar-refractivity contribution >= 4 is 79.4 Å². The molecule has 18 heteroatoms. The van der Waals surface area contributed by atoms with Gasteiger partial charge in [0.1, 0.15) is 5.15 Å². The smallest absolute Gasteiger partial charge is 0.339 e. The lowest BCUT2D eigenvalue weighted by atomic mass is 9.80. The number of ether oxygens (including phenoxy) is 2. The molecule has 0 unspecified atom stereocenters. The topological polar surface area (TPSA) is 153 Å². The van der Waals surface area contributed by atoms with Crippen LogP contribution in [0.1, 0.15) is 76.6 Å². The van der Waals surface area contributed by atoms with Crippen molar-refractivity contribution in [2.24, 2.45) is 23.7 Å². The molecule has 0 radical (unpaired) electrons. The minimum Gasteiger partial charge on any atom is -0.466 e. The highest BCUT2D eigenvalue weighted by molar-refractivity contribution is 8.24. The van der Waals surface area contributed by atoms with E-state index in [0.717, 1.165) is 81.2 Å². The van der Waals surface area contributed by atoms with Gasteiger partial charge in [0.15, 0.2) is 11.3 Å². The Morgan fingerprint density at radius 2 is 1.29 bits per heavy atom. The average Bonchev–Trinajstić information content (AvgIpc) is 3.87. The highest BCUT2D eigenvalue weighted by Crippen LogP contribution is 2.61. The van der Waals surface area contributed by atoms with Crippen LogP contribution in [-0.2, 0) is 36.5 Å². The van der Waals surface area contributed by atoms with E-state index < -0.39 is 5.20 Å². The Morgan fingerprint density at radius 3 is 1.78 bits per heavy atom. The van der Waals surface area contributed by atoms with Crippen LogP contribution in [0.2, 0.25) is 5.15 Å². The molecular weight excluding hydrogens is 847 g/mol. The highest BCUT2D eigenvalue weighted by Gasteiger charge is 2.29. The molecule has 1 aromatic carbocycles. The van der Waals surface area contributed by atoms with E-state index in [-0.39, 0.29) is 29.3 Å². The van der Waals surface area contributed by atoms with Crippen molar-refractivity contribution in [2.45, 2.75) is 78.1 Å². The molecule has 0 atom stereocenters. The normalized spacial score (nSPS) is 19.0. The SMILES string of the molecule is CCOC(=O)C1CCC(Cc2cc(=O)n3[nH]ccc3n2)CC1.CCOC(=O)C1CCC(Cc2cc(Cl)n3nccc3n2)CC1.CN(C)c1ccccc1.O=P(Cl)(Cl)Cl. The number of carbonyl (C=O) groups excluding carboxylic acids is 2. The summed E-state index contributed by atoms with van der Waals surface area (Å²) in [7, 11) is 4.07. The van der Waals surface area contributed by atoms with Gasteiger partial charge in [0.25, 0.3) is 5.56 Å². The van der Waals surface area contributed by atoms with E-state index in [1.54, 1.807) is 29.0 Å². The Morgan fingerprint density at radius 1 is 0.793 bits per heavy atom. The molecular formula is C40H52Cl4N7O6P. The lowest BCUT2D eigenvalue weighted by Crippen LogP contribution is -2.25. The third kappa shape index (κ3) is 15.5. The van der Waals surface area contributed by atoms with Crippen molar-refractivity contribution in [1.29, 1.82) is 0 Å². The second-order valence-electron chi connectivity index (χ2n) is 14.4. The molecule has 2 aliphatic carbocycles. The predicted octanol–water partition coefficient (Wildman–Crippen LogP) is 9.79. The molecule has 2 saturated carbocycles. The van der Waals surface area contributed by atoms with E-state index in [9.17, 15) is 18.9 Å². The zero-order chi connectivity index (χ0) is 42.2. The van der Waals surface area contributed by atoms with Gasteiger partial charge < -0.3 is 14.4 Å². The van der Waals surface area contributed by atoms with Crippen molar-refractivity contribution in [3.05, 3.63) is 93.9 Å². The minimum absolute atomic E-state index is 0.0391. The average molecular weight is 900 g/mol. The van der Waals surface area contributed by atoms with Crippen molar-refractivity contribution in [3.63, 3.8) is 0 Å². The third-order valence-electron chi connectivity index (χ3n) is 10.0. The first-order valence-electron chi connectivity index (χ1n) is 19.4. The summed E-state index contributed by atoms with van der Waals surface area (Å²) in [5, 5.41) is 4.33. The van der Waals surface area contributed by atoms with E-state index in [1.807, 2.05) is 58.3 Å². The van der Waals surface area contributed by atoms with Crippen LogP contribution in [0, 0.1) is 23.7 Å². The Hall–Kier alpha value is -3.61. The third-order valence-corrected chi connectivity index (χ3v) is 10.3. The monoisotopic (exact) mass is 897 g/mol. The van der Waals surface area contributed by atoms with Gasteiger partial charge in [0.2, 0.25) is 0 Å². The number of hydrogen-bond donors (Lipinski definition) is 1. The fourth-order valence-corrected chi connectivity index (χ4v) is 7.41. The number of benzene rings is 1. The van der Waals surface area contributed by atoms with Crippen molar-refractivity contribution in [1.82, 2.24) is 29.2 Å². The summed E-state index contributed by atoms with van der Waals surface area (Å²) in [5.41, 5.74) is 4.44. The summed E-state index contributed by atoms with van der Waals surface area (Å²) in [6.45, 7) is 4.60. The maximum atomic E-state index is 11.9. The van der Waals surface area contributed by atoms with Gasteiger partial charge in [-0.3, -0.25) is 24.0 Å². The zero-order valence-electron chi connectivity index (χ0n) is 33.2. The number of para-hydroxylation sites is 1. The number of aromatic nitrogens is 6. The van der Waals surface area contributed by atoms with Crippen LogP contribution in [0.5, 0.6) is 0 Å². The molecule has 13 nitrogen and oxygen atoms in total. The van der Waals surface area contributed by atoms with Gasteiger partial charge in [-0.25, -0.2) is 19.0 Å². The van der Waals surface area contributed by atoms with Crippen LogP contribution in [0.3, 0.4) is 0 Å². The number of fused-ring (bicyclic) bond motifs is 2. The van der Waals surface area contributed by atoms with E-state index in [2.05, 4.69) is 70.9 Å². The van der Waals surface area contributed by atoms with Gasteiger partial charge >= 0.3 is 17.1 Å². The molecule has 2 aliphatic rings. The molecule has 0 amide bonds. The van der Waals surface area contributed by atoms with Crippen LogP contribution in [0.4, 0.5) is 5.69 Å². The molecule has 7 rings (SSSR count). The van der Waals surface area contributed by atoms with Gasteiger partial charge in [-0.05, 0) is 142 Å². The minimum atomic E-state index is -3.22. The molecule has 316 valence electrons. The zero-order valence-corrected chi connectivity index (χ0v) is 37.2. The summed E-state index contributed by atoms with van der Waals surface area (Å²) in [4.78, 5) is 46.6. The summed E-state index contributed by atoms with van der Waals surface area (Å²) in [6.07, 6.45) is 12.7. The number of carbonyl (C=O) groups is 2. The lowest BCUT2D eigenvalue weighted by Gasteiger charge is -2.27. The molecule has 58 heavy (non-hydrogen) atoms. The number of H-pyrrole nitrogens is 1. The van der Waals surface area contributed by atoms with Crippen LogP contribution in [0.15, 0.2) is 71.8 Å². The van der Waals surface area contributed by atoms with E-state index in [0.29, 0.717) is 35.8 Å². The molecule has 0 spiro atoms. The maximum absolute atomic E-state index is 11.9. The standard InChI is InChI=1S/C16H20ClN3O2.C16H21N3O3.C8H11N.Cl3OP/c1-2-22-16(21)12-5-3-11(4-6-12)9-13-10-14(17)20-15(19-13)7-8-18-20;1-2-22-16(21)12-5-3-11(4-6-12)9-13-10-15(20)19-14(18-13)7-8-17-19;1-9(2)8-6-4-3-5-7-8;1-5(2,3)4/h7-8,10-12H,2-6,9H2,1H3;7-8,10-12,17H,2-6,9H2,1H3;3-7H,1-2H3;. The number of nitrogens with zero attached hydrogens (tertiary/aromatic N) is 6. The Bertz CT molecular complexity index is 2140. The first-order chi connectivity index (χ1) is 27.6. The number of hydrogen-bond acceptors (Lipinski definition) is 10. The number of rotatable bonds is 9. The van der Waals surface area contributed by atoms with Crippen LogP contribution >= 0.6 is 50.5 Å². The first-order valence-corrected chi connectivity index (χ1v) is 24.2. The second-order valence-corrected chi connectivity index (χ2v) is 21.4.